The van der Waals surface area contributed by atoms with E-state index in [9.17, 15) is 15.0 Å². The van der Waals surface area contributed by atoms with Crippen LogP contribution in [0.1, 0.15) is 50.0 Å². The number of amides is 1. The van der Waals surface area contributed by atoms with Crippen LogP contribution in [0.15, 0.2) is 12.4 Å². The summed E-state index contributed by atoms with van der Waals surface area (Å²) in [4.78, 5) is 14.4. The minimum atomic E-state index is -0.823. The molecule has 3 rings (SSSR count). The van der Waals surface area contributed by atoms with Crippen molar-refractivity contribution in [2.75, 3.05) is 19.7 Å². The number of hydrogen-bond donors (Lipinski definition) is 2. The summed E-state index contributed by atoms with van der Waals surface area (Å²) >= 11 is 0. The molecule has 0 spiro atoms. The molecule has 2 heterocycles. The highest BCUT2D eigenvalue weighted by Gasteiger charge is 2.39. The Bertz CT molecular complexity index is 551. The first-order valence-corrected chi connectivity index (χ1v) is 8.60. The van der Waals surface area contributed by atoms with E-state index in [0.717, 1.165) is 37.7 Å². The number of aryl methyl sites for hydroxylation is 1. The molecule has 128 valence electrons. The highest BCUT2D eigenvalue weighted by atomic mass is 16.3. The van der Waals surface area contributed by atoms with E-state index in [1.54, 1.807) is 4.68 Å². The Morgan fingerprint density at radius 2 is 2.09 bits per heavy atom. The fraction of sp³-hybridized carbons (Fsp3) is 0.765. The summed E-state index contributed by atoms with van der Waals surface area (Å²) < 4.78 is 1.75. The maximum absolute atomic E-state index is 12.6. The molecule has 1 aromatic rings. The van der Waals surface area contributed by atoms with E-state index >= 15 is 0 Å². The smallest absolute Gasteiger partial charge is 0.225 e. The van der Waals surface area contributed by atoms with E-state index < -0.39 is 5.60 Å². The summed E-state index contributed by atoms with van der Waals surface area (Å²) in [6.07, 6.45) is 8.58. The number of likely N-dealkylation sites (tertiary alicyclic amines) is 1. The molecule has 2 aliphatic rings. The largest absolute Gasteiger partial charge is 0.396 e. The molecule has 1 aromatic heterocycles. The zero-order chi connectivity index (χ0) is 16.4. The fourth-order valence-electron chi connectivity index (χ4n) is 4.05. The summed E-state index contributed by atoms with van der Waals surface area (Å²) in [6.45, 7) is 1.23. The maximum Gasteiger partial charge on any atom is 0.225 e. The van der Waals surface area contributed by atoms with Crippen LogP contribution in [0.3, 0.4) is 0 Å². The minimum Gasteiger partial charge on any atom is -0.396 e. The third-order valence-corrected chi connectivity index (χ3v) is 5.45. The Morgan fingerprint density at radius 3 is 2.70 bits per heavy atom. The molecule has 23 heavy (non-hydrogen) atoms. The predicted molar refractivity (Wildman–Crippen MR) is 85.8 cm³/mol. The van der Waals surface area contributed by atoms with Crippen molar-refractivity contribution in [2.45, 2.75) is 50.0 Å². The topological polar surface area (TPSA) is 78.6 Å². The van der Waals surface area contributed by atoms with Crippen LogP contribution in [-0.4, -0.2) is 56.1 Å². The van der Waals surface area contributed by atoms with Crippen LogP contribution in [0.25, 0.3) is 0 Å². The Morgan fingerprint density at radius 1 is 1.35 bits per heavy atom. The van der Waals surface area contributed by atoms with Crippen molar-refractivity contribution in [3.05, 3.63) is 18.0 Å². The van der Waals surface area contributed by atoms with E-state index in [1.807, 2.05) is 24.3 Å². The molecule has 0 aromatic carbocycles. The summed E-state index contributed by atoms with van der Waals surface area (Å²) in [6, 6.07) is 0. The molecule has 0 bridgehead atoms. The molecule has 0 unspecified atom stereocenters. The molecule has 2 atom stereocenters. The van der Waals surface area contributed by atoms with E-state index in [2.05, 4.69) is 5.10 Å². The second-order valence-corrected chi connectivity index (χ2v) is 7.26. The second-order valence-electron chi connectivity index (χ2n) is 7.26. The fourth-order valence-corrected chi connectivity index (χ4v) is 4.05. The van der Waals surface area contributed by atoms with E-state index in [-0.39, 0.29) is 30.8 Å². The van der Waals surface area contributed by atoms with Crippen molar-refractivity contribution in [1.82, 2.24) is 14.7 Å². The van der Waals surface area contributed by atoms with Gasteiger partial charge >= 0.3 is 0 Å². The third-order valence-electron chi connectivity index (χ3n) is 5.45. The summed E-state index contributed by atoms with van der Waals surface area (Å²) in [5.74, 6) is 0.182. The lowest BCUT2D eigenvalue weighted by atomic mass is 9.82. The molecule has 1 amide bonds. The zero-order valence-corrected chi connectivity index (χ0v) is 13.8. The lowest BCUT2D eigenvalue weighted by Crippen LogP contribution is -2.40. The van der Waals surface area contributed by atoms with Crippen LogP contribution in [0.4, 0.5) is 0 Å². The van der Waals surface area contributed by atoms with Gasteiger partial charge in [0.25, 0.3) is 0 Å². The van der Waals surface area contributed by atoms with Crippen LogP contribution in [-0.2, 0) is 11.8 Å². The summed E-state index contributed by atoms with van der Waals surface area (Å²) in [5, 5.41) is 24.5. The van der Waals surface area contributed by atoms with Gasteiger partial charge in [-0.15, -0.1) is 0 Å². The van der Waals surface area contributed by atoms with Crippen LogP contribution in [0.2, 0.25) is 0 Å². The first kappa shape index (κ1) is 16.5. The Hall–Kier alpha value is -1.40. The molecule has 1 saturated heterocycles. The number of carbonyl (C=O) groups is 1. The molecule has 1 saturated carbocycles. The predicted octanol–water partition coefficient (Wildman–Crippen LogP) is 1.04. The molecule has 1 aliphatic carbocycles. The van der Waals surface area contributed by atoms with Gasteiger partial charge in [0.1, 0.15) is 0 Å². The number of aliphatic hydroxyl groups is 2. The molecule has 2 fully saturated rings. The Labute approximate surface area is 137 Å². The average Bonchev–Trinajstić information content (AvgIpc) is 3.13. The van der Waals surface area contributed by atoms with E-state index in [4.69, 9.17) is 0 Å². The Balaban J connectivity index is 1.65. The van der Waals surface area contributed by atoms with Crippen molar-refractivity contribution >= 4 is 5.91 Å². The van der Waals surface area contributed by atoms with Crippen molar-refractivity contribution in [3.8, 4) is 0 Å². The van der Waals surface area contributed by atoms with Gasteiger partial charge in [0.2, 0.25) is 5.91 Å². The monoisotopic (exact) mass is 321 g/mol. The average molecular weight is 321 g/mol. The summed E-state index contributed by atoms with van der Waals surface area (Å²) in [7, 11) is 1.87. The van der Waals surface area contributed by atoms with Crippen molar-refractivity contribution in [3.63, 3.8) is 0 Å². The second kappa shape index (κ2) is 6.61. The lowest BCUT2D eigenvalue weighted by molar-refractivity contribution is -0.137. The van der Waals surface area contributed by atoms with Gasteiger partial charge in [-0.05, 0) is 18.4 Å². The SMILES string of the molecule is Cn1cc([C@@H]2CN(C(=O)CC3(O)CCCCC3)C[C@H]2CO)cn1. The third kappa shape index (κ3) is 3.58. The van der Waals surface area contributed by atoms with Gasteiger partial charge in [0.05, 0.1) is 18.2 Å². The number of aliphatic hydroxyl groups excluding tert-OH is 1. The quantitative estimate of drug-likeness (QED) is 0.868. The standard InChI is InChI=1S/C17H27N3O3/c1-19-9-13(8-18-19)15-11-20(10-14(15)12-21)16(22)7-17(23)5-3-2-4-6-17/h8-9,14-15,21,23H,2-7,10-12H2,1H3/t14-,15-/m0/s1. The van der Waals surface area contributed by atoms with Gasteiger partial charge in [-0.25, -0.2) is 0 Å². The molecule has 6 heteroatoms. The lowest BCUT2D eigenvalue weighted by Gasteiger charge is -2.32. The first-order valence-electron chi connectivity index (χ1n) is 8.60. The molecule has 1 aliphatic heterocycles. The highest BCUT2D eigenvalue weighted by molar-refractivity contribution is 5.77. The van der Waals surface area contributed by atoms with Gasteiger partial charge in [-0.1, -0.05) is 19.3 Å². The maximum atomic E-state index is 12.6. The van der Waals surface area contributed by atoms with Crippen molar-refractivity contribution in [1.29, 1.82) is 0 Å². The highest BCUT2D eigenvalue weighted by Crippen LogP contribution is 2.35. The number of aromatic nitrogens is 2. The first-order chi connectivity index (χ1) is 11.0. The molecular weight excluding hydrogens is 294 g/mol. The van der Waals surface area contributed by atoms with Gasteiger partial charge < -0.3 is 15.1 Å². The molecule has 2 N–H and O–H groups in total. The van der Waals surface area contributed by atoms with Crippen LogP contribution >= 0.6 is 0 Å². The van der Waals surface area contributed by atoms with Crippen LogP contribution < -0.4 is 0 Å². The number of hydrogen-bond acceptors (Lipinski definition) is 4. The number of nitrogens with zero attached hydrogens (tertiary/aromatic N) is 3. The number of carbonyl (C=O) groups excluding carboxylic acids is 1. The zero-order valence-electron chi connectivity index (χ0n) is 13.8. The van der Waals surface area contributed by atoms with E-state index in [1.165, 1.54) is 0 Å². The van der Waals surface area contributed by atoms with Gasteiger partial charge in [0, 0.05) is 44.8 Å². The van der Waals surface area contributed by atoms with E-state index in [0.29, 0.717) is 13.1 Å². The molecule has 0 radical (unpaired) electrons. The van der Waals surface area contributed by atoms with Gasteiger partial charge in [0.15, 0.2) is 0 Å². The van der Waals surface area contributed by atoms with Crippen molar-refractivity contribution in [2.24, 2.45) is 13.0 Å². The normalized spacial score (nSPS) is 27.3. The Kier molecular flexibility index (Phi) is 4.73. The molecule has 6 nitrogen and oxygen atoms in total. The van der Waals surface area contributed by atoms with Gasteiger partial charge in [-0.2, -0.15) is 5.10 Å². The van der Waals surface area contributed by atoms with Gasteiger partial charge in [-0.3, -0.25) is 9.48 Å². The molecular formula is C17H27N3O3. The van der Waals surface area contributed by atoms with Crippen LogP contribution in [0, 0.1) is 5.92 Å². The summed E-state index contributed by atoms with van der Waals surface area (Å²) in [5.41, 5.74) is 0.245. The minimum absolute atomic E-state index is 0.0132. The van der Waals surface area contributed by atoms with Crippen molar-refractivity contribution < 1.29 is 15.0 Å². The van der Waals surface area contributed by atoms with Crippen LogP contribution in [0.5, 0.6) is 0 Å². The number of rotatable bonds is 4.